The molecule has 0 N–H and O–H groups in total. The molecule has 0 aliphatic heterocycles. The number of para-hydroxylation sites is 1. The lowest BCUT2D eigenvalue weighted by atomic mass is 10.2. The second-order valence-electron chi connectivity index (χ2n) is 5.18. The van der Waals surface area contributed by atoms with Crippen LogP contribution in [-0.4, -0.2) is 24.2 Å². The molecular weight excluding hydrogens is 338 g/mol. The van der Waals surface area contributed by atoms with E-state index in [1.807, 2.05) is 38.1 Å². The van der Waals surface area contributed by atoms with Gasteiger partial charge in [-0.1, -0.05) is 12.1 Å². The molecule has 2 aromatic carbocycles. The van der Waals surface area contributed by atoms with E-state index in [9.17, 15) is 4.79 Å². The van der Waals surface area contributed by atoms with Crippen LogP contribution in [0.25, 0.3) is 10.2 Å². The summed E-state index contributed by atoms with van der Waals surface area (Å²) in [5, 5.41) is 0.769. The number of rotatable bonds is 7. The summed E-state index contributed by atoms with van der Waals surface area (Å²) in [6.45, 7) is 4.95. The Hall–Kier alpha value is -2.60. The van der Waals surface area contributed by atoms with Gasteiger partial charge >= 0.3 is 5.97 Å². The van der Waals surface area contributed by atoms with Gasteiger partial charge in [-0.2, -0.15) is 0 Å². The van der Waals surface area contributed by atoms with E-state index < -0.39 is 5.97 Å². The number of esters is 1. The summed E-state index contributed by atoms with van der Waals surface area (Å²) in [6, 6.07) is 12.9. The molecule has 6 heteroatoms. The van der Waals surface area contributed by atoms with E-state index >= 15 is 0 Å². The fraction of sp³-hybridized carbons (Fsp3) is 0.263. The van der Waals surface area contributed by atoms with E-state index in [0.717, 1.165) is 15.2 Å². The number of nitrogens with zero attached hydrogens (tertiary/aromatic N) is 1. The van der Waals surface area contributed by atoms with Gasteiger partial charge in [-0.25, -0.2) is 9.78 Å². The zero-order valence-electron chi connectivity index (χ0n) is 14.2. The van der Waals surface area contributed by atoms with Crippen LogP contribution in [-0.2, 0) is 11.3 Å². The number of benzene rings is 2. The molecule has 0 unspecified atom stereocenters. The van der Waals surface area contributed by atoms with E-state index in [1.54, 1.807) is 18.2 Å². The Kier molecular flexibility index (Phi) is 5.50. The molecule has 0 atom stereocenters. The predicted molar refractivity (Wildman–Crippen MR) is 97.5 cm³/mol. The van der Waals surface area contributed by atoms with E-state index in [1.165, 1.54) is 11.3 Å². The second-order valence-corrected chi connectivity index (χ2v) is 6.29. The SMILES string of the molecule is CCOc1ccc(C(=O)OCc2nc3ccccc3s2)cc1OCC. The first-order valence-electron chi connectivity index (χ1n) is 8.12. The van der Waals surface area contributed by atoms with Crippen LogP contribution < -0.4 is 9.47 Å². The van der Waals surface area contributed by atoms with Gasteiger partial charge in [-0.05, 0) is 44.2 Å². The summed E-state index contributed by atoms with van der Waals surface area (Å²) in [4.78, 5) is 16.8. The molecule has 3 aromatic rings. The van der Waals surface area contributed by atoms with Gasteiger partial charge in [0.2, 0.25) is 0 Å². The van der Waals surface area contributed by atoms with Crippen molar-refractivity contribution in [3.05, 3.63) is 53.0 Å². The van der Waals surface area contributed by atoms with E-state index in [4.69, 9.17) is 14.2 Å². The van der Waals surface area contributed by atoms with Crippen LogP contribution in [0, 0.1) is 0 Å². The van der Waals surface area contributed by atoms with Gasteiger partial charge in [-0.3, -0.25) is 0 Å². The first-order valence-corrected chi connectivity index (χ1v) is 8.94. The van der Waals surface area contributed by atoms with Gasteiger partial charge < -0.3 is 14.2 Å². The number of fused-ring (bicyclic) bond motifs is 1. The molecule has 0 aliphatic rings. The van der Waals surface area contributed by atoms with E-state index in [0.29, 0.717) is 30.3 Å². The zero-order chi connectivity index (χ0) is 17.6. The van der Waals surface area contributed by atoms with E-state index in [-0.39, 0.29) is 6.61 Å². The summed E-state index contributed by atoms with van der Waals surface area (Å²) >= 11 is 1.52. The molecule has 0 aliphatic carbocycles. The maximum atomic E-state index is 12.3. The van der Waals surface area contributed by atoms with Crippen LogP contribution in [0.4, 0.5) is 0 Å². The number of carbonyl (C=O) groups is 1. The van der Waals surface area contributed by atoms with Gasteiger partial charge in [0.25, 0.3) is 0 Å². The molecular formula is C19H19NO4S. The maximum absolute atomic E-state index is 12.3. The minimum atomic E-state index is -0.414. The summed E-state index contributed by atoms with van der Waals surface area (Å²) in [5.41, 5.74) is 1.34. The number of hydrogen-bond acceptors (Lipinski definition) is 6. The molecule has 0 spiro atoms. The largest absolute Gasteiger partial charge is 0.490 e. The number of ether oxygens (including phenoxy) is 3. The zero-order valence-corrected chi connectivity index (χ0v) is 15.0. The quantitative estimate of drug-likeness (QED) is 0.585. The maximum Gasteiger partial charge on any atom is 0.338 e. The summed E-state index contributed by atoms with van der Waals surface area (Å²) < 4.78 is 17.5. The standard InChI is InChI=1S/C19H19NO4S/c1-3-22-15-10-9-13(11-16(15)23-4-2)19(21)24-12-18-20-14-7-5-6-8-17(14)25-18/h5-11H,3-4,12H2,1-2H3. The highest BCUT2D eigenvalue weighted by Crippen LogP contribution is 2.29. The average molecular weight is 357 g/mol. The summed E-state index contributed by atoms with van der Waals surface area (Å²) in [5.74, 6) is 0.745. The summed E-state index contributed by atoms with van der Waals surface area (Å²) in [7, 11) is 0. The Balaban J connectivity index is 1.70. The molecule has 0 fully saturated rings. The van der Waals surface area contributed by atoms with Crippen LogP contribution >= 0.6 is 11.3 Å². The number of carbonyl (C=O) groups excluding carboxylic acids is 1. The molecule has 1 heterocycles. The van der Waals surface area contributed by atoms with Gasteiger partial charge in [0.15, 0.2) is 11.5 Å². The van der Waals surface area contributed by atoms with Gasteiger partial charge in [0.1, 0.15) is 11.6 Å². The Labute approximate surface area is 150 Å². The third kappa shape index (κ3) is 4.09. The van der Waals surface area contributed by atoms with Crippen LogP contribution in [0.2, 0.25) is 0 Å². The molecule has 0 bridgehead atoms. The number of thiazole rings is 1. The first-order chi connectivity index (χ1) is 12.2. The molecule has 0 radical (unpaired) electrons. The lowest BCUT2D eigenvalue weighted by molar-refractivity contribution is 0.0472. The third-order valence-corrected chi connectivity index (χ3v) is 4.45. The highest BCUT2D eigenvalue weighted by molar-refractivity contribution is 7.18. The fourth-order valence-electron chi connectivity index (χ4n) is 2.37. The molecule has 1 aromatic heterocycles. The topological polar surface area (TPSA) is 57.7 Å². The Bertz CT molecular complexity index is 842. The predicted octanol–water partition coefficient (Wildman–Crippen LogP) is 4.45. The third-order valence-electron chi connectivity index (χ3n) is 3.44. The smallest absolute Gasteiger partial charge is 0.338 e. The molecule has 0 saturated carbocycles. The monoisotopic (exact) mass is 357 g/mol. The average Bonchev–Trinajstić information content (AvgIpc) is 3.04. The van der Waals surface area contributed by atoms with Crippen molar-refractivity contribution in [2.24, 2.45) is 0 Å². The molecule has 25 heavy (non-hydrogen) atoms. The van der Waals surface area contributed by atoms with E-state index in [2.05, 4.69) is 4.98 Å². The molecule has 0 amide bonds. The van der Waals surface area contributed by atoms with Crippen molar-refractivity contribution in [2.75, 3.05) is 13.2 Å². The Morgan fingerprint density at radius 2 is 1.80 bits per heavy atom. The van der Waals surface area contributed by atoms with Gasteiger partial charge in [0, 0.05) is 0 Å². The van der Waals surface area contributed by atoms with Crippen LogP contribution in [0.1, 0.15) is 29.2 Å². The normalized spacial score (nSPS) is 10.6. The molecule has 0 saturated heterocycles. The van der Waals surface area contributed by atoms with Crippen molar-refractivity contribution >= 4 is 27.5 Å². The first kappa shape index (κ1) is 17.2. The highest BCUT2D eigenvalue weighted by Gasteiger charge is 2.14. The van der Waals surface area contributed by atoms with Crippen LogP contribution in [0.5, 0.6) is 11.5 Å². The lowest BCUT2D eigenvalue weighted by Gasteiger charge is -2.12. The van der Waals surface area contributed by atoms with Crippen molar-refractivity contribution < 1.29 is 19.0 Å². The minimum absolute atomic E-state index is 0.148. The highest BCUT2D eigenvalue weighted by atomic mass is 32.1. The van der Waals surface area contributed by atoms with Crippen LogP contribution in [0.3, 0.4) is 0 Å². The minimum Gasteiger partial charge on any atom is -0.490 e. The molecule has 5 nitrogen and oxygen atoms in total. The van der Waals surface area contributed by atoms with Crippen molar-refractivity contribution in [1.29, 1.82) is 0 Å². The second kappa shape index (κ2) is 7.98. The number of hydrogen-bond donors (Lipinski definition) is 0. The van der Waals surface area contributed by atoms with Gasteiger partial charge in [-0.15, -0.1) is 11.3 Å². The van der Waals surface area contributed by atoms with Crippen LogP contribution in [0.15, 0.2) is 42.5 Å². The Morgan fingerprint density at radius 3 is 2.56 bits per heavy atom. The molecule has 130 valence electrons. The van der Waals surface area contributed by atoms with Crippen molar-refractivity contribution in [3.63, 3.8) is 0 Å². The fourth-order valence-corrected chi connectivity index (χ4v) is 3.25. The Morgan fingerprint density at radius 1 is 1.04 bits per heavy atom. The van der Waals surface area contributed by atoms with Crippen molar-refractivity contribution in [1.82, 2.24) is 4.98 Å². The summed E-state index contributed by atoms with van der Waals surface area (Å²) in [6.07, 6.45) is 0. The van der Waals surface area contributed by atoms with Gasteiger partial charge in [0.05, 0.1) is 29.0 Å². The van der Waals surface area contributed by atoms with Crippen molar-refractivity contribution in [3.8, 4) is 11.5 Å². The molecule has 3 rings (SSSR count). The van der Waals surface area contributed by atoms with Crippen molar-refractivity contribution in [2.45, 2.75) is 20.5 Å². The lowest BCUT2D eigenvalue weighted by Crippen LogP contribution is -2.06. The number of aromatic nitrogens is 1.